The Balaban J connectivity index is 1.63. The number of nitrogens with zero attached hydrogens (tertiary/aromatic N) is 2. The van der Waals surface area contributed by atoms with Crippen LogP contribution in [0.15, 0.2) is 54.7 Å². The molecule has 3 rings (SSSR count). The van der Waals surface area contributed by atoms with Crippen LogP contribution < -0.4 is 20.1 Å². The van der Waals surface area contributed by atoms with Gasteiger partial charge in [0.1, 0.15) is 5.69 Å². The van der Waals surface area contributed by atoms with E-state index in [1.807, 2.05) is 38.1 Å². The molecule has 0 aliphatic heterocycles. The van der Waals surface area contributed by atoms with E-state index >= 15 is 0 Å². The molecule has 0 radical (unpaired) electrons. The van der Waals surface area contributed by atoms with E-state index < -0.39 is 0 Å². The third kappa shape index (κ3) is 5.26. The fraction of sp³-hybridized carbons (Fsp3) is 0.292. The van der Waals surface area contributed by atoms with E-state index in [0.29, 0.717) is 35.0 Å². The zero-order chi connectivity index (χ0) is 23.3. The molecule has 0 atom stereocenters. The van der Waals surface area contributed by atoms with Gasteiger partial charge in [-0.25, -0.2) is 0 Å². The van der Waals surface area contributed by atoms with Crippen molar-refractivity contribution in [3.8, 4) is 11.5 Å². The second kappa shape index (κ2) is 9.55. The molecule has 1 aromatic heterocycles. The lowest BCUT2D eigenvalue weighted by atomic mass is 9.84. The Labute approximate surface area is 187 Å². The minimum absolute atomic E-state index is 0.211. The number of anilines is 1. The molecular weight excluding hydrogens is 408 g/mol. The smallest absolute Gasteiger partial charge is 0.271 e. The number of amides is 2. The van der Waals surface area contributed by atoms with Crippen LogP contribution in [0.4, 0.5) is 5.69 Å². The molecule has 0 unspecified atom stereocenters. The van der Waals surface area contributed by atoms with Gasteiger partial charge in [0.2, 0.25) is 0 Å². The zero-order valence-electron chi connectivity index (χ0n) is 18.9. The molecule has 0 fully saturated rings. The Morgan fingerprint density at radius 1 is 0.969 bits per heavy atom. The van der Waals surface area contributed by atoms with Crippen molar-refractivity contribution in [3.05, 3.63) is 71.5 Å². The van der Waals surface area contributed by atoms with E-state index in [1.54, 1.807) is 49.3 Å². The van der Waals surface area contributed by atoms with Crippen LogP contribution in [-0.2, 0) is 12.5 Å². The fourth-order valence-electron chi connectivity index (χ4n) is 3.22. The SMILES string of the molecule is COc1ccc(C(=O)Nc2ccc(C(C)(C)CNC(=O)c3ccn(C)n3)cc2)cc1OC. The molecule has 2 aromatic carbocycles. The summed E-state index contributed by atoms with van der Waals surface area (Å²) in [6, 6.07) is 14.3. The molecule has 1 heterocycles. The van der Waals surface area contributed by atoms with Gasteiger partial charge in [-0.15, -0.1) is 0 Å². The van der Waals surface area contributed by atoms with Crippen molar-refractivity contribution in [2.75, 3.05) is 26.1 Å². The Kier molecular flexibility index (Phi) is 6.82. The number of carbonyl (C=O) groups excluding carboxylic acids is 2. The van der Waals surface area contributed by atoms with Crippen molar-refractivity contribution in [2.24, 2.45) is 7.05 Å². The van der Waals surface area contributed by atoms with Crippen molar-refractivity contribution >= 4 is 17.5 Å². The number of methoxy groups -OCH3 is 2. The van der Waals surface area contributed by atoms with E-state index in [2.05, 4.69) is 15.7 Å². The first kappa shape index (κ1) is 22.9. The summed E-state index contributed by atoms with van der Waals surface area (Å²) in [4.78, 5) is 24.9. The van der Waals surface area contributed by atoms with Crippen molar-refractivity contribution in [1.29, 1.82) is 0 Å². The predicted octanol–water partition coefficient (Wildman–Crippen LogP) is 3.40. The lowest BCUT2D eigenvalue weighted by Gasteiger charge is -2.25. The highest BCUT2D eigenvalue weighted by Crippen LogP contribution is 2.28. The van der Waals surface area contributed by atoms with Gasteiger partial charge >= 0.3 is 0 Å². The van der Waals surface area contributed by atoms with Crippen LogP contribution >= 0.6 is 0 Å². The summed E-state index contributed by atoms with van der Waals surface area (Å²) in [5.74, 6) is 0.592. The van der Waals surface area contributed by atoms with Gasteiger partial charge in [0.15, 0.2) is 11.5 Å². The quantitative estimate of drug-likeness (QED) is 0.564. The molecule has 0 aliphatic rings. The average Bonchev–Trinajstić information content (AvgIpc) is 3.23. The molecule has 0 saturated heterocycles. The van der Waals surface area contributed by atoms with Gasteiger partial charge in [-0.05, 0) is 42.0 Å². The minimum Gasteiger partial charge on any atom is -0.493 e. The zero-order valence-corrected chi connectivity index (χ0v) is 18.9. The highest BCUT2D eigenvalue weighted by molar-refractivity contribution is 6.04. The number of hydrogen-bond donors (Lipinski definition) is 2. The van der Waals surface area contributed by atoms with Gasteiger partial charge in [-0.2, -0.15) is 5.10 Å². The highest BCUT2D eigenvalue weighted by Gasteiger charge is 2.22. The summed E-state index contributed by atoms with van der Waals surface area (Å²) >= 11 is 0. The summed E-state index contributed by atoms with van der Waals surface area (Å²) in [5, 5.41) is 9.94. The Morgan fingerprint density at radius 3 is 2.25 bits per heavy atom. The number of carbonyl (C=O) groups is 2. The van der Waals surface area contributed by atoms with Crippen molar-refractivity contribution in [1.82, 2.24) is 15.1 Å². The molecule has 32 heavy (non-hydrogen) atoms. The number of ether oxygens (including phenoxy) is 2. The lowest BCUT2D eigenvalue weighted by Crippen LogP contribution is -2.36. The van der Waals surface area contributed by atoms with Crippen LogP contribution in [0.25, 0.3) is 0 Å². The lowest BCUT2D eigenvalue weighted by molar-refractivity contribution is 0.0939. The molecule has 8 nitrogen and oxygen atoms in total. The van der Waals surface area contributed by atoms with Gasteiger partial charge in [0.05, 0.1) is 14.2 Å². The number of aromatic nitrogens is 2. The molecule has 0 saturated carbocycles. The highest BCUT2D eigenvalue weighted by atomic mass is 16.5. The molecule has 8 heteroatoms. The van der Waals surface area contributed by atoms with E-state index in [1.165, 1.54) is 7.11 Å². The summed E-state index contributed by atoms with van der Waals surface area (Å²) in [7, 11) is 4.84. The van der Waals surface area contributed by atoms with E-state index in [-0.39, 0.29) is 17.2 Å². The molecule has 2 amide bonds. The summed E-state index contributed by atoms with van der Waals surface area (Å²) < 4.78 is 12.1. The first-order valence-electron chi connectivity index (χ1n) is 10.2. The molecule has 0 aliphatic carbocycles. The summed E-state index contributed by atoms with van der Waals surface area (Å²) in [6.45, 7) is 4.53. The average molecular weight is 437 g/mol. The van der Waals surface area contributed by atoms with Gasteiger partial charge in [0.25, 0.3) is 11.8 Å². The third-order valence-electron chi connectivity index (χ3n) is 5.21. The number of benzene rings is 2. The maximum atomic E-state index is 12.6. The number of hydrogen-bond acceptors (Lipinski definition) is 5. The van der Waals surface area contributed by atoms with Crippen LogP contribution in [0.5, 0.6) is 11.5 Å². The van der Waals surface area contributed by atoms with Crippen molar-refractivity contribution < 1.29 is 19.1 Å². The van der Waals surface area contributed by atoms with Gasteiger partial charge in [0, 0.05) is 36.5 Å². The number of nitrogens with one attached hydrogen (secondary N) is 2. The molecular formula is C24H28N4O4. The Morgan fingerprint density at radius 2 is 1.66 bits per heavy atom. The summed E-state index contributed by atoms with van der Waals surface area (Å²) in [6.07, 6.45) is 1.73. The number of aryl methyl sites for hydroxylation is 1. The second-order valence-corrected chi connectivity index (χ2v) is 8.04. The van der Waals surface area contributed by atoms with E-state index in [4.69, 9.17) is 9.47 Å². The van der Waals surface area contributed by atoms with Gasteiger partial charge < -0.3 is 20.1 Å². The van der Waals surface area contributed by atoms with Gasteiger partial charge in [-0.1, -0.05) is 26.0 Å². The second-order valence-electron chi connectivity index (χ2n) is 8.04. The Bertz CT molecular complexity index is 1100. The molecule has 2 N–H and O–H groups in total. The van der Waals surface area contributed by atoms with Crippen LogP contribution in [0.2, 0.25) is 0 Å². The van der Waals surface area contributed by atoms with Crippen LogP contribution in [-0.4, -0.2) is 42.4 Å². The minimum atomic E-state index is -0.309. The van der Waals surface area contributed by atoms with E-state index in [9.17, 15) is 9.59 Å². The maximum Gasteiger partial charge on any atom is 0.271 e. The van der Waals surface area contributed by atoms with Crippen molar-refractivity contribution in [2.45, 2.75) is 19.3 Å². The molecule has 3 aromatic rings. The topological polar surface area (TPSA) is 94.5 Å². The standard InChI is InChI=1S/C24H28N4O4/c1-24(2,15-25-23(30)19-12-13-28(3)27-19)17-7-9-18(10-8-17)26-22(29)16-6-11-20(31-4)21(14-16)32-5/h6-14H,15H2,1-5H3,(H,25,30)(H,26,29). The fourth-order valence-corrected chi connectivity index (χ4v) is 3.22. The van der Waals surface area contributed by atoms with Gasteiger partial charge in [-0.3, -0.25) is 14.3 Å². The summed E-state index contributed by atoms with van der Waals surface area (Å²) in [5.41, 5.74) is 2.24. The largest absolute Gasteiger partial charge is 0.493 e. The van der Waals surface area contributed by atoms with Crippen molar-refractivity contribution in [3.63, 3.8) is 0 Å². The maximum absolute atomic E-state index is 12.6. The number of rotatable bonds is 8. The van der Waals surface area contributed by atoms with Crippen LogP contribution in [0, 0.1) is 0 Å². The molecule has 168 valence electrons. The van der Waals surface area contributed by atoms with E-state index in [0.717, 1.165) is 5.56 Å². The molecule has 0 spiro atoms. The predicted molar refractivity (Wildman–Crippen MR) is 123 cm³/mol. The first-order valence-corrected chi connectivity index (χ1v) is 10.2. The normalized spacial score (nSPS) is 11.0. The monoisotopic (exact) mass is 436 g/mol. The first-order chi connectivity index (χ1) is 15.2. The Hall–Kier alpha value is -3.81. The van der Waals surface area contributed by atoms with Crippen LogP contribution in [0.3, 0.4) is 0 Å². The third-order valence-corrected chi connectivity index (χ3v) is 5.21. The molecule has 0 bridgehead atoms. The van der Waals surface area contributed by atoms with Crippen LogP contribution in [0.1, 0.15) is 40.3 Å².